The molecule has 5 nitrogen and oxygen atoms in total. The van der Waals surface area contributed by atoms with Gasteiger partial charge in [0.15, 0.2) is 0 Å². The Morgan fingerprint density at radius 2 is 2.00 bits per heavy atom. The van der Waals surface area contributed by atoms with Crippen LogP contribution in [-0.2, 0) is 9.59 Å². The molecule has 1 saturated heterocycles. The third-order valence-corrected chi connectivity index (χ3v) is 4.79. The van der Waals surface area contributed by atoms with E-state index in [9.17, 15) is 9.59 Å². The number of amides is 2. The molecule has 2 heterocycles. The normalized spacial score (nSPS) is 20.7. The van der Waals surface area contributed by atoms with Crippen LogP contribution in [0.5, 0.6) is 0 Å². The van der Waals surface area contributed by atoms with Crippen molar-refractivity contribution >= 4 is 29.9 Å². The molecule has 0 spiro atoms. The van der Waals surface area contributed by atoms with E-state index >= 15 is 0 Å². The van der Waals surface area contributed by atoms with Crippen LogP contribution in [0, 0.1) is 5.92 Å². The zero-order valence-electron chi connectivity index (χ0n) is 13.4. The molecule has 1 aromatic carbocycles. The fourth-order valence-corrected chi connectivity index (χ4v) is 3.57. The second kappa shape index (κ2) is 7.79. The lowest BCUT2D eigenvalue weighted by molar-refractivity contribution is -0.132. The van der Waals surface area contributed by atoms with Gasteiger partial charge >= 0.3 is 0 Å². The van der Waals surface area contributed by atoms with E-state index in [1.165, 1.54) is 0 Å². The van der Waals surface area contributed by atoms with Crippen molar-refractivity contribution in [2.75, 3.05) is 32.0 Å². The van der Waals surface area contributed by atoms with Crippen molar-refractivity contribution in [1.29, 1.82) is 0 Å². The maximum atomic E-state index is 12.3. The van der Waals surface area contributed by atoms with Gasteiger partial charge in [0.1, 0.15) is 0 Å². The van der Waals surface area contributed by atoms with Crippen molar-refractivity contribution in [1.82, 2.24) is 10.2 Å². The topological polar surface area (TPSA) is 61.4 Å². The fraction of sp³-hybridized carbons (Fsp3) is 0.529. The minimum absolute atomic E-state index is 0. The van der Waals surface area contributed by atoms with Crippen LogP contribution in [0.2, 0.25) is 0 Å². The van der Waals surface area contributed by atoms with Crippen LogP contribution >= 0.6 is 12.4 Å². The molecule has 0 bridgehead atoms. The number of piperidine rings is 1. The third-order valence-electron chi connectivity index (χ3n) is 4.79. The highest BCUT2D eigenvalue weighted by Gasteiger charge is 2.38. The molecule has 1 fully saturated rings. The van der Waals surface area contributed by atoms with Crippen LogP contribution < -0.4 is 10.6 Å². The predicted octanol–water partition coefficient (Wildman–Crippen LogP) is 1.99. The number of fused-ring (bicyclic) bond motifs is 1. The molecule has 2 N–H and O–H groups in total. The van der Waals surface area contributed by atoms with Crippen LogP contribution in [0.4, 0.5) is 5.69 Å². The Morgan fingerprint density at radius 1 is 1.30 bits per heavy atom. The first-order valence-corrected chi connectivity index (χ1v) is 8.03. The lowest BCUT2D eigenvalue weighted by Gasteiger charge is -2.34. The second-order valence-electron chi connectivity index (χ2n) is 6.13. The maximum Gasteiger partial charge on any atom is 0.232 e. The third kappa shape index (κ3) is 3.67. The number of hydrogen-bond donors (Lipinski definition) is 2. The number of para-hydroxylation sites is 1. The van der Waals surface area contributed by atoms with Gasteiger partial charge in [-0.25, -0.2) is 0 Å². The summed E-state index contributed by atoms with van der Waals surface area (Å²) >= 11 is 0. The minimum Gasteiger partial charge on any atom is -0.343 e. The van der Waals surface area contributed by atoms with Gasteiger partial charge in [0.2, 0.25) is 11.8 Å². The Morgan fingerprint density at radius 3 is 2.70 bits per heavy atom. The van der Waals surface area contributed by atoms with Gasteiger partial charge in [0.25, 0.3) is 0 Å². The zero-order valence-corrected chi connectivity index (χ0v) is 14.2. The molecule has 0 aliphatic carbocycles. The smallest absolute Gasteiger partial charge is 0.232 e. The van der Waals surface area contributed by atoms with Gasteiger partial charge in [-0.05, 0) is 37.4 Å². The van der Waals surface area contributed by atoms with E-state index in [1.807, 2.05) is 36.2 Å². The van der Waals surface area contributed by atoms with Crippen LogP contribution in [0.15, 0.2) is 24.3 Å². The highest BCUT2D eigenvalue weighted by Crippen LogP contribution is 2.41. The van der Waals surface area contributed by atoms with E-state index in [-0.39, 0.29) is 30.1 Å². The molecule has 0 saturated carbocycles. The number of rotatable bonds is 4. The molecule has 1 unspecified atom stereocenters. The first-order valence-electron chi connectivity index (χ1n) is 8.03. The molecule has 23 heavy (non-hydrogen) atoms. The summed E-state index contributed by atoms with van der Waals surface area (Å²) in [6.07, 6.45) is 2.35. The number of nitrogens with one attached hydrogen (secondary N) is 2. The largest absolute Gasteiger partial charge is 0.343 e. The number of benzene rings is 1. The number of carbonyl (C=O) groups is 2. The summed E-state index contributed by atoms with van der Waals surface area (Å²) in [4.78, 5) is 26.3. The van der Waals surface area contributed by atoms with E-state index in [2.05, 4.69) is 10.6 Å². The lowest BCUT2D eigenvalue weighted by Crippen LogP contribution is -2.41. The molecular weight excluding hydrogens is 314 g/mol. The van der Waals surface area contributed by atoms with Crippen molar-refractivity contribution in [3.8, 4) is 0 Å². The lowest BCUT2D eigenvalue weighted by atomic mass is 9.80. The molecule has 2 aliphatic heterocycles. The van der Waals surface area contributed by atoms with Gasteiger partial charge in [-0.2, -0.15) is 0 Å². The SMILES string of the molecule is CNCCC(=O)N1CCC(C2C(=O)Nc3ccccc32)CC1.Cl. The number of carbonyl (C=O) groups excluding carboxylic acids is 2. The molecule has 2 amide bonds. The second-order valence-corrected chi connectivity index (χ2v) is 6.13. The van der Waals surface area contributed by atoms with E-state index in [0.717, 1.165) is 43.7 Å². The zero-order chi connectivity index (χ0) is 15.5. The number of anilines is 1. The van der Waals surface area contributed by atoms with Gasteiger partial charge in [-0.3, -0.25) is 9.59 Å². The highest BCUT2D eigenvalue weighted by atomic mass is 35.5. The summed E-state index contributed by atoms with van der Waals surface area (Å²) in [5.41, 5.74) is 2.07. The molecule has 126 valence electrons. The van der Waals surface area contributed by atoms with Gasteiger partial charge in [0, 0.05) is 31.7 Å². The maximum absolute atomic E-state index is 12.3. The number of halogens is 1. The van der Waals surface area contributed by atoms with Gasteiger partial charge in [0.05, 0.1) is 5.92 Å². The summed E-state index contributed by atoms with van der Waals surface area (Å²) < 4.78 is 0. The summed E-state index contributed by atoms with van der Waals surface area (Å²) in [6.45, 7) is 2.25. The van der Waals surface area contributed by atoms with Crippen LogP contribution in [0.1, 0.15) is 30.7 Å². The minimum atomic E-state index is -0.0502. The Labute approximate surface area is 143 Å². The Hall–Kier alpha value is -1.59. The van der Waals surface area contributed by atoms with Crippen LogP contribution in [-0.4, -0.2) is 43.4 Å². The van der Waals surface area contributed by atoms with Crippen LogP contribution in [0.25, 0.3) is 0 Å². The molecule has 1 atom stereocenters. The summed E-state index contributed by atoms with van der Waals surface area (Å²) in [5, 5.41) is 5.99. The van der Waals surface area contributed by atoms with Crippen molar-refractivity contribution in [2.45, 2.75) is 25.2 Å². The predicted molar refractivity (Wildman–Crippen MR) is 92.9 cm³/mol. The monoisotopic (exact) mass is 337 g/mol. The Bertz CT molecular complexity index is 571. The van der Waals surface area contributed by atoms with Crippen molar-refractivity contribution in [2.24, 2.45) is 5.92 Å². The van der Waals surface area contributed by atoms with Crippen molar-refractivity contribution in [3.05, 3.63) is 29.8 Å². The quantitative estimate of drug-likeness (QED) is 0.883. The Balaban J connectivity index is 0.00000192. The number of hydrogen-bond acceptors (Lipinski definition) is 3. The van der Waals surface area contributed by atoms with E-state index < -0.39 is 0 Å². The number of likely N-dealkylation sites (tertiary alicyclic amines) is 1. The standard InChI is InChI=1S/C17H23N3O2.ClH/c1-18-9-6-15(21)20-10-7-12(8-11-20)16-13-4-2-3-5-14(13)19-17(16)22;/h2-5,12,16,18H,6-11H2,1H3,(H,19,22);1H. The molecule has 0 radical (unpaired) electrons. The molecule has 2 aliphatic rings. The molecule has 1 aromatic rings. The summed E-state index contributed by atoms with van der Waals surface area (Å²) in [7, 11) is 1.86. The molecule has 6 heteroatoms. The van der Waals surface area contributed by atoms with Crippen molar-refractivity contribution < 1.29 is 9.59 Å². The average molecular weight is 338 g/mol. The van der Waals surface area contributed by atoms with Crippen molar-refractivity contribution in [3.63, 3.8) is 0 Å². The van der Waals surface area contributed by atoms with Crippen LogP contribution in [0.3, 0.4) is 0 Å². The van der Waals surface area contributed by atoms with Gasteiger partial charge < -0.3 is 15.5 Å². The summed E-state index contributed by atoms with van der Waals surface area (Å²) in [5.74, 6) is 0.605. The first-order chi connectivity index (χ1) is 10.7. The average Bonchev–Trinajstić information content (AvgIpc) is 2.88. The van der Waals surface area contributed by atoms with E-state index in [4.69, 9.17) is 0 Å². The van der Waals surface area contributed by atoms with Gasteiger partial charge in [-0.1, -0.05) is 18.2 Å². The molecule has 3 rings (SSSR count). The van der Waals surface area contributed by atoms with E-state index in [1.54, 1.807) is 0 Å². The number of nitrogens with zero attached hydrogens (tertiary/aromatic N) is 1. The fourth-order valence-electron chi connectivity index (χ4n) is 3.57. The first kappa shape index (κ1) is 17.8. The van der Waals surface area contributed by atoms with E-state index in [0.29, 0.717) is 12.3 Å². The Kier molecular flexibility index (Phi) is 6.02. The molecular formula is C17H24ClN3O2. The molecule has 0 aromatic heterocycles. The summed E-state index contributed by atoms with van der Waals surface area (Å²) in [6, 6.07) is 7.94. The highest BCUT2D eigenvalue weighted by molar-refractivity contribution is 6.03. The van der Waals surface area contributed by atoms with Gasteiger partial charge in [-0.15, -0.1) is 12.4 Å².